The molecular weight excluding hydrogens is 382 g/mol. The van der Waals surface area contributed by atoms with Crippen LogP contribution in [0.2, 0.25) is 0 Å². The summed E-state index contributed by atoms with van der Waals surface area (Å²) in [6, 6.07) is 12.9. The van der Waals surface area contributed by atoms with Crippen molar-refractivity contribution in [3.8, 4) is 17.1 Å². The number of aliphatic hydroxyl groups is 1. The van der Waals surface area contributed by atoms with Gasteiger partial charge in [-0.05, 0) is 25.8 Å². The molecule has 1 fully saturated rings. The number of nitrogens with zero attached hydrogens (tertiary/aromatic N) is 2. The molecule has 2 heterocycles. The molecule has 1 amide bonds. The van der Waals surface area contributed by atoms with E-state index in [2.05, 4.69) is 15.5 Å². The van der Waals surface area contributed by atoms with Gasteiger partial charge in [-0.25, -0.2) is 4.98 Å². The lowest BCUT2D eigenvalue weighted by Crippen LogP contribution is -2.45. The van der Waals surface area contributed by atoms with Crippen LogP contribution in [0.5, 0.6) is 5.88 Å². The predicted octanol–water partition coefficient (Wildman–Crippen LogP) is 3.66. The number of hydrogen-bond acceptors (Lipinski definition) is 6. The molecule has 0 saturated heterocycles. The monoisotopic (exact) mass is 407 g/mol. The van der Waals surface area contributed by atoms with E-state index in [9.17, 15) is 9.90 Å². The number of amides is 1. The number of carbonyl (C=O) groups is 1. The van der Waals surface area contributed by atoms with Crippen molar-refractivity contribution in [3.05, 3.63) is 65.5 Å². The van der Waals surface area contributed by atoms with Crippen molar-refractivity contribution in [2.45, 2.75) is 51.4 Å². The van der Waals surface area contributed by atoms with Gasteiger partial charge in [0.15, 0.2) is 0 Å². The molecule has 30 heavy (non-hydrogen) atoms. The topological polar surface area (TPSA) is 97.5 Å². The minimum absolute atomic E-state index is 0.199. The third kappa shape index (κ3) is 4.52. The maximum Gasteiger partial charge on any atom is 0.253 e. The van der Waals surface area contributed by atoms with Gasteiger partial charge in [-0.1, -0.05) is 48.3 Å². The maximum absolute atomic E-state index is 12.4. The van der Waals surface area contributed by atoms with Gasteiger partial charge >= 0.3 is 0 Å². The fraction of sp³-hybridized carbons (Fsp3) is 0.348. The number of pyridine rings is 1. The molecule has 0 aliphatic heterocycles. The van der Waals surface area contributed by atoms with Crippen molar-refractivity contribution in [3.63, 3.8) is 0 Å². The van der Waals surface area contributed by atoms with Gasteiger partial charge in [0.2, 0.25) is 5.88 Å². The molecule has 1 aliphatic carbocycles. The Hall–Kier alpha value is -3.19. The second-order valence-electron chi connectivity index (χ2n) is 7.54. The Morgan fingerprint density at radius 3 is 2.73 bits per heavy atom. The summed E-state index contributed by atoms with van der Waals surface area (Å²) in [6.07, 6.45) is 4.54. The van der Waals surface area contributed by atoms with E-state index in [4.69, 9.17) is 9.26 Å². The Labute approximate surface area is 175 Å². The molecule has 4 rings (SSSR count). The summed E-state index contributed by atoms with van der Waals surface area (Å²) < 4.78 is 11.2. The number of benzene rings is 1. The van der Waals surface area contributed by atoms with Crippen molar-refractivity contribution in [2.24, 2.45) is 0 Å². The maximum atomic E-state index is 12.4. The molecule has 7 heteroatoms. The molecule has 0 radical (unpaired) electrons. The van der Waals surface area contributed by atoms with Crippen LogP contribution >= 0.6 is 0 Å². The summed E-state index contributed by atoms with van der Waals surface area (Å²) in [6.45, 7) is 2.10. The third-order valence-electron chi connectivity index (χ3n) is 5.44. The Kier molecular flexibility index (Phi) is 6.09. The Morgan fingerprint density at radius 1 is 1.20 bits per heavy atom. The molecule has 1 saturated carbocycles. The van der Waals surface area contributed by atoms with E-state index in [1.807, 2.05) is 37.3 Å². The van der Waals surface area contributed by atoms with Gasteiger partial charge in [0.1, 0.15) is 18.1 Å². The first-order chi connectivity index (χ1) is 14.6. The highest BCUT2D eigenvalue weighted by Gasteiger charge is 2.25. The summed E-state index contributed by atoms with van der Waals surface area (Å²) >= 11 is 0. The first-order valence-electron chi connectivity index (χ1n) is 10.2. The molecule has 2 atom stereocenters. The average Bonchev–Trinajstić information content (AvgIpc) is 3.15. The molecule has 0 unspecified atom stereocenters. The van der Waals surface area contributed by atoms with Gasteiger partial charge in [-0.2, -0.15) is 0 Å². The van der Waals surface area contributed by atoms with E-state index in [1.165, 1.54) is 6.20 Å². The quantitative estimate of drug-likeness (QED) is 0.647. The molecule has 2 N–H and O–H groups in total. The van der Waals surface area contributed by atoms with Crippen LogP contribution in [0.1, 0.15) is 47.4 Å². The first kappa shape index (κ1) is 20.1. The van der Waals surface area contributed by atoms with E-state index >= 15 is 0 Å². The van der Waals surface area contributed by atoms with Gasteiger partial charge in [0.25, 0.3) is 5.91 Å². The van der Waals surface area contributed by atoms with Gasteiger partial charge < -0.3 is 19.7 Å². The van der Waals surface area contributed by atoms with Crippen LogP contribution in [0.25, 0.3) is 11.3 Å². The third-order valence-corrected chi connectivity index (χ3v) is 5.44. The van der Waals surface area contributed by atoms with Gasteiger partial charge in [-0.3, -0.25) is 4.79 Å². The lowest BCUT2D eigenvalue weighted by Gasteiger charge is -2.28. The summed E-state index contributed by atoms with van der Waals surface area (Å²) in [5.41, 5.74) is 3.00. The van der Waals surface area contributed by atoms with Gasteiger partial charge in [0.05, 0.1) is 23.3 Å². The highest BCUT2D eigenvalue weighted by molar-refractivity contribution is 5.94. The van der Waals surface area contributed by atoms with Crippen molar-refractivity contribution in [2.75, 3.05) is 0 Å². The SMILES string of the molecule is Cc1onc(-c2ccccc2)c1COc1ccc(C(=O)N[C@H]2CCCC[C@@H]2O)cn1. The number of hydrogen-bond donors (Lipinski definition) is 2. The van der Waals surface area contributed by atoms with Gasteiger partial charge in [-0.15, -0.1) is 0 Å². The number of nitrogens with one attached hydrogen (secondary N) is 1. The summed E-state index contributed by atoms with van der Waals surface area (Å²) in [5.74, 6) is 0.862. The van der Waals surface area contributed by atoms with Crippen LogP contribution in [0.4, 0.5) is 0 Å². The van der Waals surface area contributed by atoms with E-state index in [1.54, 1.807) is 12.1 Å². The molecule has 0 bridgehead atoms. The van der Waals surface area contributed by atoms with Crippen LogP contribution in [0.15, 0.2) is 53.2 Å². The first-order valence-corrected chi connectivity index (χ1v) is 10.2. The van der Waals surface area contributed by atoms with Crippen molar-refractivity contribution in [1.82, 2.24) is 15.5 Å². The smallest absolute Gasteiger partial charge is 0.253 e. The zero-order chi connectivity index (χ0) is 20.9. The highest BCUT2D eigenvalue weighted by Crippen LogP contribution is 2.26. The second-order valence-corrected chi connectivity index (χ2v) is 7.54. The van der Waals surface area contributed by atoms with Crippen LogP contribution < -0.4 is 10.1 Å². The van der Waals surface area contributed by atoms with Crippen molar-refractivity contribution < 1.29 is 19.2 Å². The zero-order valence-corrected chi connectivity index (χ0v) is 16.9. The Morgan fingerprint density at radius 2 is 2.00 bits per heavy atom. The molecule has 156 valence electrons. The lowest BCUT2D eigenvalue weighted by atomic mass is 9.92. The fourth-order valence-electron chi connectivity index (χ4n) is 3.66. The largest absolute Gasteiger partial charge is 0.473 e. The average molecular weight is 407 g/mol. The van der Waals surface area contributed by atoms with Crippen LogP contribution in [0.3, 0.4) is 0 Å². The van der Waals surface area contributed by atoms with Crippen molar-refractivity contribution >= 4 is 5.91 Å². The standard InChI is InChI=1S/C23H25N3O4/c1-15-18(22(26-30-15)16-7-3-2-4-8-16)14-29-21-12-11-17(13-24-21)23(28)25-19-9-5-6-10-20(19)27/h2-4,7-8,11-13,19-20,27H,5-6,9-10,14H2,1H3,(H,25,28)/t19-,20-/m0/s1. The van der Waals surface area contributed by atoms with Crippen LogP contribution in [-0.4, -0.2) is 33.3 Å². The molecule has 2 aromatic heterocycles. The number of carbonyl (C=O) groups excluding carboxylic acids is 1. The van der Waals surface area contributed by atoms with Crippen LogP contribution in [-0.2, 0) is 6.61 Å². The molecule has 1 aliphatic rings. The van der Waals surface area contributed by atoms with Crippen molar-refractivity contribution in [1.29, 1.82) is 0 Å². The number of aryl methyl sites for hydroxylation is 1. The molecule has 7 nitrogen and oxygen atoms in total. The summed E-state index contributed by atoms with van der Waals surface area (Å²) in [5, 5.41) is 17.1. The van der Waals surface area contributed by atoms with E-state index in [0.717, 1.165) is 42.5 Å². The molecule has 1 aromatic carbocycles. The Balaban J connectivity index is 1.39. The van der Waals surface area contributed by atoms with E-state index < -0.39 is 6.10 Å². The van der Waals surface area contributed by atoms with E-state index in [0.29, 0.717) is 17.2 Å². The number of ether oxygens (including phenoxy) is 1. The minimum Gasteiger partial charge on any atom is -0.473 e. The van der Waals surface area contributed by atoms with E-state index in [-0.39, 0.29) is 18.6 Å². The van der Waals surface area contributed by atoms with Gasteiger partial charge in [0, 0.05) is 17.8 Å². The number of aromatic nitrogens is 2. The number of rotatable bonds is 6. The molecular formula is C23H25N3O4. The fourth-order valence-corrected chi connectivity index (χ4v) is 3.66. The summed E-state index contributed by atoms with van der Waals surface area (Å²) in [4.78, 5) is 16.7. The Bertz CT molecular complexity index is 985. The molecule has 0 spiro atoms. The highest BCUT2D eigenvalue weighted by atomic mass is 16.5. The number of aliphatic hydroxyl groups excluding tert-OH is 1. The summed E-state index contributed by atoms with van der Waals surface area (Å²) in [7, 11) is 0. The van der Waals surface area contributed by atoms with Crippen LogP contribution in [0, 0.1) is 6.92 Å². The normalized spacial score (nSPS) is 18.7. The lowest BCUT2D eigenvalue weighted by molar-refractivity contribution is 0.0717. The predicted molar refractivity (Wildman–Crippen MR) is 111 cm³/mol. The minimum atomic E-state index is -0.483. The molecule has 3 aromatic rings. The second kappa shape index (κ2) is 9.09. The zero-order valence-electron chi connectivity index (χ0n) is 16.9.